The van der Waals surface area contributed by atoms with Crippen molar-refractivity contribution in [1.29, 1.82) is 0 Å². The second-order valence-electron chi connectivity index (χ2n) is 6.44. The number of aryl methyl sites for hydroxylation is 1. The van der Waals surface area contributed by atoms with Crippen LogP contribution in [0.3, 0.4) is 0 Å². The van der Waals surface area contributed by atoms with E-state index in [-0.39, 0.29) is 5.91 Å². The highest BCUT2D eigenvalue weighted by molar-refractivity contribution is 7.89. The van der Waals surface area contributed by atoms with E-state index in [0.29, 0.717) is 31.1 Å². The molecule has 1 aliphatic heterocycles. The molecule has 1 aliphatic rings. The van der Waals surface area contributed by atoms with E-state index in [2.05, 4.69) is 10.2 Å². The SMILES string of the molecule is CC(=O)Nc1ccc(N2CCN(S(=O)(=O)c3cccc(C)c3)CC2)cc1. The van der Waals surface area contributed by atoms with E-state index >= 15 is 0 Å². The van der Waals surface area contributed by atoms with Gasteiger partial charge in [0.2, 0.25) is 15.9 Å². The zero-order valence-corrected chi connectivity index (χ0v) is 15.8. The van der Waals surface area contributed by atoms with Gasteiger partial charge in [-0.2, -0.15) is 4.31 Å². The van der Waals surface area contributed by atoms with Gasteiger partial charge in [0, 0.05) is 44.5 Å². The number of carbonyl (C=O) groups excluding carboxylic acids is 1. The normalized spacial score (nSPS) is 15.7. The predicted molar refractivity (Wildman–Crippen MR) is 103 cm³/mol. The van der Waals surface area contributed by atoms with Crippen molar-refractivity contribution in [2.24, 2.45) is 0 Å². The van der Waals surface area contributed by atoms with E-state index in [1.807, 2.05) is 37.3 Å². The number of anilines is 2. The number of hydrogen-bond acceptors (Lipinski definition) is 4. The minimum Gasteiger partial charge on any atom is -0.369 e. The van der Waals surface area contributed by atoms with Crippen LogP contribution in [0, 0.1) is 6.92 Å². The molecular formula is C19H23N3O3S. The Morgan fingerprint density at radius 2 is 1.65 bits per heavy atom. The zero-order chi connectivity index (χ0) is 18.7. The molecule has 0 unspecified atom stereocenters. The van der Waals surface area contributed by atoms with Crippen LogP contribution >= 0.6 is 0 Å². The number of nitrogens with zero attached hydrogens (tertiary/aromatic N) is 2. The van der Waals surface area contributed by atoms with Crippen LogP contribution in [-0.2, 0) is 14.8 Å². The van der Waals surface area contributed by atoms with E-state index in [1.54, 1.807) is 22.5 Å². The molecule has 0 aliphatic carbocycles. The zero-order valence-electron chi connectivity index (χ0n) is 15.0. The van der Waals surface area contributed by atoms with E-state index in [9.17, 15) is 13.2 Å². The van der Waals surface area contributed by atoms with Crippen molar-refractivity contribution in [3.63, 3.8) is 0 Å². The number of benzene rings is 2. The van der Waals surface area contributed by atoms with Crippen LogP contribution in [-0.4, -0.2) is 44.8 Å². The van der Waals surface area contributed by atoms with Crippen molar-refractivity contribution in [2.45, 2.75) is 18.7 Å². The Balaban J connectivity index is 1.66. The number of hydrogen-bond donors (Lipinski definition) is 1. The lowest BCUT2D eigenvalue weighted by Gasteiger charge is -2.35. The topological polar surface area (TPSA) is 69.7 Å². The molecule has 138 valence electrons. The maximum Gasteiger partial charge on any atom is 0.243 e. The molecule has 0 spiro atoms. The molecule has 0 bridgehead atoms. The third kappa shape index (κ3) is 4.05. The molecule has 7 heteroatoms. The molecule has 1 amide bonds. The number of piperazine rings is 1. The van der Waals surface area contributed by atoms with Gasteiger partial charge < -0.3 is 10.2 Å². The molecule has 0 saturated carbocycles. The van der Waals surface area contributed by atoms with Crippen molar-refractivity contribution in [3.8, 4) is 0 Å². The van der Waals surface area contributed by atoms with Crippen molar-refractivity contribution in [1.82, 2.24) is 4.31 Å². The number of sulfonamides is 1. The molecule has 0 atom stereocenters. The molecule has 0 radical (unpaired) electrons. The monoisotopic (exact) mass is 373 g/mol. The Kier molecular flexibility index (Phi) is 5.29. The lowest BCUT2D eigenvalue weighted by Crippen LogP contribution is -2.48. The molecule has 0 aromatic heterocycles. The fourth-order valence-corrected chi connectivity index (χ4v) is 4.60. The predicted octanol–water partition coefficient (Wildman–Crippen LogP) is 2.46. The van der Waals surface area contributed by atoms with Crippen LogP contribution in [0.25, 0.3) is 0 Å². The van der Waals surface area contributed by atoms with Crippen LogP contribution in [0.2, 0.25) is 0 Å². The summed E-state index contributed by atoms with van der Waals surface area (Å²) in [6, 6.07) is 14.6. The first-order chi connectivity index (χ1) is 12.4. The average Bonchev–Trinajstić information content (AvgIpc) is 2.62. The fraction of sp³-hybridized carbons (Fsp3) is 0.316. The Morgan fingerprint density at radius 3 is 2.23 bits per heavy atom. The van der Waals surface area contributed by atoms with Crippen LogP contribution in [0.5, 0.6) is 0 Å². The first-order valence-corrected chi connectivity index (χ1v) is 10.00. The lowest BCUT2D eigenvalue weighted by molar-refractivity contribution is -0.114. The van der Waals surface area contributed by atoms with Crippen molar-refractivity contribution < 1.29 is 13.2 Å². The maximum absolute atomic E-state index is 12.8. The summed E-state index contributed by atoms with van der Waals surface area (Å²) >= 11 is 0. The number of nitrogens with one attached hydrogen (secondary N) is 1. The molecule has 1 saturated heterocycles. The third-order valence-electron chi connectivity index (χ3n) is 4.42. The van der Waals surface area contributed by atoms with Gasteiger partial charge in [0.05, 0.1) is 4.90 Å². The second kappa shape index (κ2) is 7.47. The smallest absolute Gasteiger partial charge is 0.243 e. The van der Waals surface area contributed by atoms with E-state index in [0.717, 1.165) is 16.9 Å². The van der Waals surface area contributed by atoms with Gasteiger partial charge in [0.15, 0.2) is 0 Å². The first-order valence-electron chi connectivity index (χ1n) is 8.56. The summed E-state index contributed by atoms with van der Waals surface area (Å²) in [5.74, 6) is -0.104. The summed E-state index contributed by atoms with van der Waals surface area (Å²) in [4.78, 5) is 13.6. The second-order valence-corrected chi connectivity index (χ2v) is 8.37. The molecule has 6 nitrogen and oxygen atoms in total. The van der Waals surface area contributed by atoms with Crippen LogP contribution in [0.1, 0.15) is 12.5 Å². The average molecular weight is 373 g/mol. The summed E-state index contributed by atoms with van der Waals surface area (Å²) in [5, 5.41) is 2.74. The van der Waals surface area contributed by atoms with Gasteiger partial charge in [-0.3, -0.25) is 4.79 Å². The third-order valence-corrected chi connectivity index (χ3v) is 6.31. The van der Waals surface area contributed by atoms with Gasteiger partial charge in [0.25, 0.3) is 0 Å². The van der Waals surface area contributed by atoms with Crippen LogP contribution in [0.4, 0.5) is 11.4 Å². The molecule has 1 fully saturated rings. The summed E-state index contributed by atoms with van der Waals surface area (Å²) in [7, 11) is -3.45. The molecule has 1 heterocycles. The lowest BCUT2D eigenvalue weighted by atomic mass is 10.2. The van der Waals surface area contributed by atoms with Gasteiger partial charge in [-0.05, 0) is 48.9 Å². The Morgan fingerprint density at radius 1 is 1.00 bits per heavy atom. The van der Waals surface area contributed by atoms with Crippen LogP contribution in [0.15, 0.2) is 53.4 Å². The van der Waals surface area contributed by atoms with Gasteiger partial charge in [-0.1, -0.05) is 12.1 Å². The van der Waals surface area contributed by atoms with Crippen LogP contribution < -0.4 is 10.2 Å². The fourth-order valence-electron chi connectivity index (χ4n) is 3.07. The summed E-state index contributed by atoms with van der Waals surface area (Å²) < 4.78 is 27.1. The Hall–Kier alpha value is -2.38. The van der Waals surface area contributed by atoms with Crippen molar-refractivity contribution in [2.75, 3.05) is 36.4 Å². The van der Waals surface area contributed by atoms with E-state index < -0.39 is 10.0 Å². The molecule has 2 aromatic rings. The largest absolute Gasteiger partial charge is 0.369 e. The van der Waals surface area contributed by atoms with E-state index in [4.69, 9.17) is 0 Å². The number of rotatable bonds is 4. The highest BCUT2D eigenvalue weighted by atomic mass is 32.2. The standard InChI is InChI=1S/C19H23N3O3S/c1-15-4-3-5-19(14-15)26(24,25)22-12-10-21(11-13-22)18-8-6-17(7-9-18)20-16(2)23/h3-9,14H,10-13H2,1-2H3,(H,20,23). The Bertz CT molecular complexity index is 887. The van der Waals surface area contributed by atoms with Crippen molar-refractivity contribution in [3.05, 3.63) is 54.1 Å². The van der Waals surface area contributed by atoms with Gasteiger partial charge >= 0.3 is 0 Å². The highest BCUT2D eigenvalue weighted by Crippen LogP contribution is 2.23. The summed E-state index contributed by atoms with van der Waals surface area (Å²) in [6.45, 7) is 5.52. The van der Waals surface area contributed by atoms with Gasteiger partial charge in [0.1, 0.15) is 0 Å². The quantitative estimate of drug-likeness (QED) is 0.894. The molecule has 2 aromatic carbocycles. The number of carbonyl (C=O) groups is 1. The van der Waals surface area contributed by atoms with Gasteiger partial charge in [-0.25, -0.2) is 8.42 Å². The highest BCUT2D eigenvalue weighted by Gasteiger charge is 2.28. The maximum atomic E-state index is 12.8. The summed E-state index contributed by atoms with van der Waals surface area (Å²) in [5.41, 5.74) is 2.71. The number of amides is 1. The first kappa shape index (κ1) is 18.4. The molecular weight excluding hydrogens is 350 g/mol. The minimum atomic E-state index is -3.45. The molecule has 26 heavy (non-hydrogen) atoms. The van der Waals surface area contributed by atoms with E-state index in [1.165, 1.54) is 6.92 Å². The molecule has 3 rings (SSSR count). The Labute approximate surface area is 154 Å². The van der Waals surface area contributed by atoms with Gasteiger partial charge in [-0.15, -0.1) is 0 Å². The van der Waals surface area contributed by atoms with Crippen molar-refractivity contribution >= 4 is 27.3 Å². The minimum absolute atomic E-state index is 0.104. The summed E-state index contributed by atoms with van der Waals surface area (Å²) in [6.07, 6.45) is 0. The molecule has 1 N–H and O–H groups in total.